The van der Waals surface area contributed by atoms with Gasteiger partial charge in [0.05, 0.1) is 0 Å². The van der Waals surface area contributed by atoms with E-state index in [0.29, 0.717) is 19.5 Å². The fourth-order valence-corrected chi connectivity index (χ4v) is 4.86. The molecule has 0 unspecified atom stereocenters. The minimum absolute atomic E-state index is 0.231. The normalized spacial score (nSPS) is 23.7. The maximum Gasteiger partial charge on any atom is 0.326 e. The summed E-state index contributed by atoms with van der Waals surface area (Å²) in [4.78, 5) is 53.2. The summed E-state index contributed by atoms with van der Waals surface area (Å²) in [6.07, 6.45) is 7.40. The molecule has 2 aliphatic heterocycles. The van der Waals surface area contributed by atoms with Gasteiger partial charge in [-0.3, -0.25) is 19.3 Å². The summed E-state index contributed by atoms with van der Waals surface area (Å²) < 4.78 is 5.13. The lowest BCUT2D eigenvalue weighted by molar-refractivity contribution is -0.154. The summed E-state index contributed by atoms with van der Waals surface area (Å²) in [5.41, 5.74) is 0.709. The molecule has 1 aromatic rings. The molecule has 1 atom stereocenters. The van der Waals surface area contributed by atoms with Gasteiger partial charge < -0.3 is 15.0 Å². The smallest absolute Gasteiger partial charge is 0.326 e. The molecule has 4 rings (SSSR count). The van der Waals surface area contributed by atoms with Gasteiger partial charge in [-0.15, -0.1) is 0 Å². The second-order valence-corrected chi connectivity index (χ2v) is 8.55. The van der Waals surface area contributed by atoms with Crippen LogP contribution in [0.2, 0.25) is 0 Å². The molecule has 4 amide bonds. The highest BCUT2D eigenvalue weighted by Gasteiger charge is 2.54. The first-order valence-electron chi connectivity index (χ1n) is 11.2. The van der Waals surface area contributed by atoms with Gasteiger partial charge in [-0.2, -0.15) is 0 Å². The number of nitrogens with one attached hydrogen (secondary N) is 1. The Bertz CT molecular complexity index is 878. The number of carbonyl (C=O) groups excluding carboxylic acids is 4. The van der Waals surface area contributed by atoms with Crippen LogP contribution in [0, 0.1) is 0 Å². The van der Waals surface area contributed by atoms with Gasteiger partial charge in [0.2, 0.25) is 0 Å². The fraction of sp³-hybridized carbons (Fsp3) is 0.565. The van der Waals surface area contributed by atoms with Crippen LogP contribution in [0.1, 0.15) is 56.1 Å². The van der Waals surface area contributed by atoms with E-state index in [1.807, 2.05) is 24.3 Å². The molecular formula is C23H29N3O5. The molecule has 0 bridgehead atoms. The van der Waals surface area contributed by atoms with Crippen LogP contribution >= 0.6 is 0 Å². The lowest BCUT2D eigenvalue weighted by Crippen LogP contribution is -2.47. The van der Waals surface area contributed by atoms with Crippen molar-refractivity contribution in [3.8, 4) is 0 Å². The van der Waals surface area contributed by atoms with E-state index >= 15 is 0 Å². The molecule has 31 heavy (non-hydrogen) atoms. The largest absolute Gasteiger partial charge is 0.454 e. The van der Waals surface area contributed by atoms with Crippen molar-refractivity contribution in [1.29, 1.82) is 0 Å². The average molecular weight is 428 g/mol. The van der Waals surface area contributed by atoms with Crippen molar-refractivity contribution >= 4 is 23.8 Å². The van der Waals surface area contributed by atoms with E-state index in [4.69, 9.17) is 4.74 Å². The van der Waals surface area contributed by atoms with Crippen molar-refractivity contribution in [2.45, 2.75) is 56.9 Å². The van der Waals surface area contributed by atoms with Crippen molar-refractivity contribution in [2.75, 3.05) is 26.2 Å². The summed E-state index contributed by atoms with van der Waals surface area (Å²) in [5.74, 6) is -1.42. The number of likely N-dealkylation sites (tertiary alicyclic amines) is 1. The lowest BCUT2D eigenvalue weighted by Gasteiger charge is -2.33. The van der Waals surface area contributed by atoms with Gasteiger partial charge in [0.15, 0.2) is 6.61 Å². The molecule has 0 saturated carbocycles. The standard InChI is InChI=1S/C23H29N3O5/c27-19(25-13-6-2-1-3-7-14-25)16-31-20(28)15-26-21(29)23(24-22(26)30)12-8-10-17-9-4-5-11-18(17)23/h4-5,9,11H,1-3,6-8,10,12-16H2,(H,24,30)/t23-/m0/s1. The van der Waals surface area contributed by atoms with Gasteiger partial charge in [-0.25, -0.2) is 4.79 Å². The van der Waals surface area contributed by atoms with E-state index in [9.17, 15) is 19.2 Å². The molecule has 8 heteroatoms. The van der Waals surface area contributed by atoms with Crippen LogP contribution in [0.15, 0.2) is 24.3 Å². The summed E-state index contributed by atoms with van der Waals surface area (Å²) in [7, 11) is 0. The minimum Gasteiger partial charge on any atom is -0.454 e. The Morgan fingerprint density at radius 2 is 1.71 bits per heavy atom. The first kappa shape index (κ1) is 21.3. The number of hydrogen-bond donors (Lipinski definition) is 1. The molecule has 1 N–H and O–H groups in total. The van der Waals surface area contributed by atoms with Crippen LogP contribution in [0.25, 0.3) is 0 Å². The zero-order valence-corrected chi connectivity index (χ0v) is 17.7. The highest BCUT2D eigenvalue weighted by atomic mass is 16.5. The Kier molecular flexibility index (Phi) is 6.25. The van der Waals surface area contributed by atoms with Crippen molar-refractivity contribution in [3.63, 3.8) is 0 Å². The number of rotatable bonds is 4. The number of aryl methyl sites for hydroxylation is 1. The minimum atomic E-state index is -1.12. The summed E-state index contributed by atoms with van der Waals surface area (Å²) in [6.45, 7) is 0.481. The predicted octanol–water partition coefficient (Wildman–Crippen LogP) is 2.11. The molecule has 1 aromatic carbocycles. The van der Waals surface area contributed by atoms with Crippen LogP contribution in [0.3, 0.4) is 0 Å². The number of urea groups is 1. The maximum absolute atomic E-state index is 13.2. The number of hydrogen-bond acceptors (Lipinski definition) is 5. The van der Waals surface area contributed by atoms with E-state index in [-0.39, 0.29) is 12.5 Å². The summed E-state index contributed by atoms with van der Waals surface area (Å²) >= 11 is 0. The van der Waals surface area contributed by atoms with Crippen molar-refractivity contribution in [2.24, 2.45) is 0 Å². The second kappa shape index (κ2) is 9.08. The van der Waals surface area contributed by atoms with E-state index in [1.54, 1.807) is 4.90 Å². The number of amides is 4. The zero-order valence-electron chi connectivity index (χ0n) is 17.7. The van der Waals surface area contributed by atoms with Gasteiger partial charge in [0.1, 0.15) is 12.1 Å². The van der Waals surface area contributed by atoms with Crippen LogP contribution in [-0.2, 0) is 31.1 Å². The van der Waals surface area contributed by atoms with Crippen LogP contribution in [0.5, 0.6) is 0 Å². The van der Waals surface area contributed by atoms with Crippen LogP contribution in [0.4, 0.5) is 4.79 Å². The van der Waals surface area contributed by atoms with E-state index in [2.05, 4.69) is 5.32 Å². The molecule has 2 saturated heterocycles. The number of imide groups is 1. The van der Waals surface area contributed by atoms with Gasteiger partial charge in [0, 0.05) is 13.1 Å². The number of benzene rings is 1. The number of ether oxygens (including phenoxy) is 1. The number of nitrogens with zero attached hydrogens (tertiary/aromatic N) is 2. The van der Waals surface area contributed by atoms with Crippen molar-refractivity contribution < 1.29 is 23.9 Å². The molecule has 2 heterocycles. The quantitative estimate of drug-likeness (QED) is 0.586. The third-order valence-corrected chi connectivity index (χ3v) is 6.50. The Morgan fingerprint density at radius 3 is 2.48 bits per heavy atom. The molecule has 0 radical (unpaired) electrons. The molecule has 8 nitrogen and oxygen atoms in total. The Morgan fingerprint density at radius 1 is 1.00 bits per heavy atom. The van der Waals surface area contributed by atoms with Crippen molar-refractivity contribution in [3.05, 3.63) is 35.4 Å². The third-order valence-electron chi connectivity index (χ3n) is 6.50. The molecule has 166 valence electrons. The first-order chi connectivity index (χ1) is 15.0. The number of carbonyl (C=O) groups is 4. The Labute approximate surface area is 181 Å². The topological polar surface area (TPSA) is 96.0 Å². The molecule has 1 spiro atoms. The lowest BCUT2D eigenvalue weighted by atomic mass is 9.76. The highest BCUT2D eigenvalue weighted by molar-refractivity contribution is 6.09. The highest BCUT2D eigenvalue weighted by Crippen LogP contribution is 2.39. The first-order valence-corrected chi connectivity index (χ1v) is 11.2. The number of fused-ring (bicyclic) bond motifs is 2. The molecule has 2 fully saturated rings. The van der Waals surface area contributed by atoms with E-state index in [1.165, 1.54) is 6.42 Å². The van der Waals surface area contributed by atoms with Gasteiger partial charge in [-0.05, 0) is 43.2 Å². The SMILES string of the molecule is O=C(CN1C(=O)N[C@]2(CCCc3ccccc32)C1=O)OCC(=O)N1CCCCCCC1. The van der Waals surface area contributed by atoms with E-state index < -0.39 is 30.0 Å². The van der Waals surface area contributed by atoms with Gasteiger partial charge in [-0.1, -0.05) is 43.5 Å². The molecular weight excluding hydrogens is 398 g/mol. The average Bonchev–Trinajstić information content (AvgIpc) is 2.97. The summed E-state index contributed by atoms with van der Waals surface area (Å²) in [6, 6.07) is 6.98. The van der Waals surface area contributed by atoms with Gasteiger partial charge in [0.25, 0.3) is 11.8 Å². The zero-order chi connectivity index (χ0) is 21.8. The molecule has 0 aromatic heterocycles. The van der Waals surface area contributed by atoms with Crippen LogP contribution < -0.4 is 5.32 Å². The fourth-order valence-electron chi connectivity index (χ4n) is 4.86. The molecule has 1 aliphatic carbocycles. The second-order valence-electron chi connectivity index (χ2n) is 8.55. The van der Waals surface area contributed by atoms with Gasteiger partial charge >= 0.3 is 12.0 Å². The Hall–Kier alpha value is -2.90. The Balaban J connectivity index is 1.36. The van der Waals surface area contributed by atoms with Crippen LogP contribution in [-0.4, -0.2) is 59.9 Å². The predicted molar refractivity (Wildman–Crippen MR) is 112 cm³/mol. The monoisotopic (exact) mass is 427 g/mol. The third kappa shape index (κ3) is 4.29. The molecule has 3 aliphatic rings. The number of esters is 1. The van der Waals surface area contributed by atoms with E-state index in [0.717, 1.165) is 54.6 Å². The summed E-state index contributed by atoms with van der Waals surface area (Å²) in [5, 5.41) is 2.81. The maximum atomic E-state index is 13.2. The van der Waals surface area contributed by atoms with Crippen molar-refractivity contribution in [1.82, 2.24) is 15.1 Å².